The van der Waals surface area contributed by atoms with Gasteiger partial charge in [-0.3, -0.25) is 0 Å². The number of rotatable bonds is 6. The zero-order chi connectivity index (χ0) is 53.0. The van der Waals surface area contributed by atoms with Gasteiger partial charge in [-0.05, 0) is 183 Å². The Labute approximate surface area is 458 Å². The van der Waals surface area contributed by atoms with E-state index in [1.807, 2.05) is 0 Å². The molecule has 1 aliphatic carbocycles. The minimum atomic E-state index is -0.623. The monoisotopic (exact) mass is 1000 g/mol. The molecular weight excluding hydrogens is 930 g/mol. The number of aryl methyl sites for hydroxylation is 2. The maximum atomic E-state index is 2.82. The summed E-state index contributed by atoms with van der Waals surface area (Å²) >= 11 is 0. The Morgan fingerprint density at radius 1 is 0.403 bits per heavy atom. The van der Waals surface area contributed by atoms with Crippen molar-refractivity contribution in [2.45, 2.75) is 122 Å². The largest absolute Gasteiger partial charge is 0.334 e. The zero-order valence-electron chi connectivity index (χ0n) is 46.7. The van der Waals surface area contributed by atoms with Crippen LogP contribution < -0.4 is 31.1 Å². The van der Waals surface area contributed by atoms with Crippen LogP contribution in [0.5, 0.6) is 0 Å². The molecule has 1 fully saturated rings. The molecule has 4 heteroatoms. The van der Waals surface area contributed by atoms with Gasteiger partial charge in [-0.25, -0.2) is 0 Å². The Morgan fingerprint density at radius 2 is 0.857 bits per heavy atom. The molecular formula is C73H70BN3. The van der Waals surface area contributed by atoms with Crippen LogP contribution in [0.4, 0.5) is 45.5 Å². The molecule has 0 amide bonds. The molecule has 0 radical (unpaired) electrons. The standard InChI is InChI=1S/C73H70BN3/c1-47-40-59-66-62(42-47)75(55-33-29-51(30-34-55)69(3,4)5)64-45-57(77-61-37-28-50(49-22-14-11-15-23-49)44-58(61)71(9)38-20-21-39-72(71,77)10)46-65-68(64)74(66)67-60(73(59,53-24-16-12-17-25-53)54-26-18-13-19-27-54)41-48(2)43-63(67)76(65)56-35-31-52(32-36-56)70(6,7)8/h11-19,22-37,40-46H,20-21,38-39H2,1-10H3. The Bertz CT molecular complexity index is 3640. The molecule has 5 aliphatic rings. The van der Waals surface area contributed by atoms with Crippen LogP contribution in [0.2, 0.25) is 0 Å². The van der Waals surface area contributed by atoms with Gasteiger partial charge in [0.2, 0.25) is 0 Å². The molecule has 0 N–H and O–H groups in total. The van der Waals surface area contributed by atoms with Crippen molar-refractivity contribution in [3.8, 4) is 11.1 Å². The SMILES string of the molecule is Cc1cc2c3c(c1)C(c1ccccc1)(c1ccccc1)c1cc(C)cc4c1B3c1c(cc(N3c5ccc(-c6ccccc6)cc5C5(C)CCCCC35C)cc1N4c1ccc(C(C)(C)C)cc1)N2c1ccc(C(C)(C)C)cc1. The van der Waals surface area contributed by atoms with E-state index in [4.69, 9.17) is 0 Å². The van der Waals surface area contributed by atoms with Crippen LogP contribution >= 0.6 is 0 Å². The normalized spacial score (nSPS) is 19.5. The summed E-state index contributed by atoms with van der Waals surface area (Å²) in [4.78, 5) is 8.18. The first-order valence-electron chi connectivity index (χ1n) is 28.4. The van der Waals surface area contributed by atoms with E-state index >= 15 is 0 Å². The molecule has 4 heterocycles. The van der Waals surface area contributed by atoms with E-state index in [2.05, 4.69) is 278 Å². The summed E-state index contributed by atoms with van der Waals surface area (Å²) in [5, 5.41) is 0. The van der Waals surface area contributed by atoms with Gasteiger partial charge in [-0.1, -0.05) is 195 Å². The Hall–Kier alpha value is -7.56. The van der Waals surface area contributed by atoms with Crippen molar-refractivity contribution in [3.05, 3.63) is 244 Å². The molecule has 4 aliphatic heterocycles. The minimum absolute atomic E-state index is 0.00493. The van der Waals surface area contributed by atoms with E-state index in [0.717, 1.165) is 12.8 Å². The van der Waals surface area contributed by atoms with E-state index in [1.54, 1.807) is 0 Å². The van der Waals surface area contributed by atoms with Gasteiger partial charge >= 0.3 is 0 Å². The van der Waals surface area contributed by atoms with Gasteiger partial charge in [0.25, 0.3) is 6.71 Å². The summed E-state index contributed by atoms with van der Waals surface area (Å²) in [5.41, 5.74) is 27.8. The van der Waals surface area contributed by atoms with Gasteiger partial charge in [0, 0.05) is 50.9 Å². The van der Waals surface area contributed by atoms with E-state index in [-0.39, 0.29) is 28.5 Å². The Morgan fingerprint density at radius 3 is 1.34 bits per heavy atom. The number of nitrogens with zero attached hydrogens (tertiary/aromatic N) is 3. The van der Waals surface area contributed by atoms with Crippen molar-refractivity contribution in [2.24, 2.45) is 0 Å². The molecule has 380 valence electrons. The second-order valence-electron chi connectivity index (χ2n) is 25.8. The fourth-order valence-corrected chi connectivity index (χ4v) is 15.3. The first-order chi connectivity index (χ1) is 37.0. The van der Waals surface area contributed by atoms with Crippen LogP contribution in [0.3, 0.4) is 0 Å². The maximum Gasteiger partial charge on any atom is 0.253 e. The van der Waals surface area contributed by atoms with Crippen molar-refractivity contribution in [2.75, 3.05) is 14.7 Å². The van der Waals surface area contributed by atoms with Crippen LogP contribution in [0, 0.1) is 13.8 Å². The molecule has 2 atom stereocenters. The highest BCUT2D eigenvalue weighted by Gasteiger charge is 2.59. The van der Waals surface area contributed by atoms with E-state index in [0.29, 0.717) is 0 Å². The highest BCUT2D eigenvalue weighted by atomic mass is 15.3. The van der Waals surface area contributed by atoms with Crippen LogP contribution in [-0.4, -0.2) is 12.3 Å². The molecule has 14 rings (SSSR count). The lowest BCUT2D eigenvalue weighted by molar-refractivity contribution is 0.195. The lowest BCUT2D eigenvalue weighted by Gasteiger charge is -2.53. The highest BCUT2D eigenvalue weighted by Crippen LogP contribution is 2.63. The minimum Gasteiger partial charge on any atom is -0.334 e. The third-order valence-electron chi connectivity index (χ3n) is 19.2. The average Bonchev–Trinajstić information content (AvgIpc) is 3.46. The smallest absolute Gasteiger partial charge is 0.253 e. The first kappa shape index (κ1) is 47.9. The van der Waals surface area contributed by atoms with Crippen molar-refractivity contribution < 1.29 is 0 Å². The Kier molecular flexibility index (Phi) is 10.4. The second-order valence-corrected chi connectivity index (χ2v) is 25.8. The topological polar surface area (TPSA) is 9.72 Å². The van der Waals surface area contributed by atoms with Crippen LogP contribution in [0.15, 0.2) is 194 Å². The van der Waals surface area contributed by atoms with Crippen molar-refractivity contribution in [1.82, 2.24) is 0 Å². The van der Waals surface area contributed by atoms with Crippen molar-refractivity contribution in [3.63, 3.8) is 0 Å². The van der Waals surface area contributed by atoms with Gasteiger partial charge < -0.3 is 14.7 Å². The van der Waals surface area contributed by atoms with Crippen molar-refractivity contribution in [1.29, 1.82) is 0 Å². The summed E-state index contributed by atoms with van der Waals surface area (Å²) in [6.45, 7) is 23.8. The second kappa shape index (κ2) is 16.7. The van der Waals surface area contributed by atoms with Crippen molar-refractivity contribution >= 4 is 68.6 Å². The third-order valence-corrected chi connectivity index (χ3v) is 19.2. The molecule has 0 saturated heterocycles. The number of hydrogen-bond donors (Lipinski definition) is 0. The Balaban J connectivity index is 1.13. The van der Waals surface area contributed by atoms with Gasteiger partial charge in [-0.2, -0.15) is 0 Å². The molecule has 2 unspecified atom stereocenters. The molecule has 9 aromatic rings. The van der Waals surface area contributed by atoms with E-state index in [9.17, 15) is 0 Å². The predicted molar refractivity (Wildman–Crippen MR) is 327 cm³/mol. The van der Waals surface area contributed by atoms with Gasteiger partial charge in [0.15, 0.2) is 0 Å². The van der Waals surface area contributed by atoms with Gasteiger partial charge in [0.1, 0.15) is 0 Å². The van der Waals surface area contributed by atoms with E-state index < -0.39 is 5.41 Å². The molecule has 77 heavy (non-hydrogen) atoms. The molecule has 0 spiro atoms. The first-order valence-corrected chi connectivity index (χ1v) is 28.4. The fraction of sp³-hybridized carbons (Fsp3) is 0.260. The third kappa shape index (κ3) is 6.76. The molecule has 1 saturated carbocycles. The summed E-state index contributed by atoms with van der Waals surface area (Å²) < 4.78 is 0. The van der Waals surface area contributed by atoms with E-state index in [1.165, 1.54) is 136 Å². The predicted octanol–water partition coefficient (Wildman–Crippen LogP) is 17.1. The van der Waals surface area contributed by atoms with Gasteiger partial charge in [0.05, 0.1) is 11.0 Å². The van der Waals surface area contributed by atoms with Crippen LogP contribution in [-0.2, 0) is 21.7 Å². The van der Waals surface area contributed by atoms with Crippen LogP contribution in [0.1, 0.15) is 131 Å². The molecule has 0 aromatic heterocycles. The highest BCUT2D eigenvalue weighted by molar-refractivity contribution is 7.01. The molecule has 3 nitrogen and oxygen atoms in total. The zero-order valence-corrected chi connectivity index (χ0v) is 46.7. The summed E-state index contributed by atoms with van der Waals surface area (Å²) in [7, 11) is 0. The summed E-state index contributed by atoms with van der Waals surface area (Å²) in [6.07, 6.45) is 4.70. The number of anilines is 8. The average molecular weight is 1000 g/mol. The molecule has 0 bridgehead atoms. The van der Waals surface area contributed by atoms with Gasteiger partial charge in [-0.15, -0.1) is 0 Å². The lowest BCUT2D eigenvalue weighted by Crippen LogP contribution is -2.68. The van der Waals surface area contributed by atoms with Crippen LogP contribution in [0.25, 0.3) is 11.1 Å². The number of fused-ring (bicyclic) bond motifs is 3. The summed E-state index contributed by atoms with van der Waals surface area (Å²) in [5.74, 6) is 0. The number of hydrogen-bond acceptors (Lipinski definition) is 3. The fourth-order valence-electron chi connectivity index (χ4n) is 15.3. The molecule has 9 aromatic carbocycles. The summed E-state index contributed by atoms with van der Waals surface area (Å²) in [6, 6.07) is 75.8. The number of benzene rings is 9. The maximum absolute atomic E-state index is 2.82. The quantitative estimate of drug-likeness (QED) is 0.154. The lowest BCUT2D eigenvalue weighted by atomic mass is 9.28.